The van der Waals surface area contributed by atoms with Crippen LogP contribution in [0.4, 0.5) is 4.79 Å². The molecule has 0 aliphatic rings. The predicted molar refractivity (Wildman–Crippen MR) is 90.5 cm³/mol. The number of carbonyl (C=O) groups excluding carboxylic acids is 1. The Balaban J connectivity index is 1.77. The largest absolute Gasteiger partial charge is 0.351 e. The lowest BCUT2D eigenvalue weighted by Crippen LogP contribution is -2.38. The summed E-state index contributed by atoms with van der Waals surface area (Å²) in [5, 5.41) is 4.66. The van der Waals surface area contributed by atoms with Gasteiger partial charge in [0.15, 0.2) is 0 Å². The van der Waals surface area contributed by atoms with E-state index in [1.807, 2.05) is 30.1 Å². The van der Waals surface area contributed by atoms with E-state index in [-0.39, 0.29) is 6.03 Å². The van der Waals surface area contributed by atoms with Gasteiger partial charge in [-0.15, -0.1) is 11.3 Å². The molecule has 2 amide bonds. The van der Waals surface area contributed by atoms with E-state index in [0.717, 1.165) is 23.5 Å². The number of aromatic nitrogens is 2. The van der Waals surface area contributed by atoms with Gasteiger partial charge in [-0.25, -0.2) is 9.78 Å². The average molecular weight is 341 g/mol. The molecule has 0 aliphatic heterocycles. The van der Waals surface area contributed by atoms with Crippen LogP contribution in [0.5, 0.6) is 0 Å². The highest BCUT2D eigenvalue weighted by Gasteiger charge is 2.11. The van der Waals surface area contributed by atoms with Crippen molar-refractivity contribution in [1.29, 1.82) is 0 Å². The Bertz CT molecular complexity index is 637. The molecule has 0 saturated carbocycles. The van der Waals surface area contributed by atoms with Crippen molar-refractivity contribution >= 4 is 29.0 Å². The molecule has 5 nitrogen and oxygen atoms in total. The van der Waals surface area contributed by atoms with E-state index in [9.17, 15) is 4.79 Å². The highest BCUT2D eigenvalue weighted by molar-refractivity contribution is 7.11. The first-order valence-corrected chi connectivity index (χ1v) is 8.42. The van der Waals surface area contributed by atoms with Crippen LogP contribution in [0.1, 0.15) is 22.5 Å². The molecule has 7 heteroatoms. The summed E-state index contributed by atoms with van der Waals surface area (Å²) >= 11 is 7.65. The summed E-state index contributed by atoms with van der Waals surface area (Å²) in [6.45, 7) is 3.23. The van der Waals surface area contributed by atoms with Crippen molar-refractivity contribution in [3.8, 4) is 0 Å². The Hall–Kier alpha value is -1.53. The average Bonchev–Trinajstić information content (AvgIpc) is 3.05. The van der Waals surface area contributed by atoms with Crippen LogP contribution in [0.2, 0.25) is 5.02 Å². The Morgan fingerprint density at radius 2 is 2.32 bits per heavy atom. The summed E-state index contributed by atoms with van der Waals surface area (Å²) in [6.07, 6.45) is 5.51. The minimum Gasteiger partial charge on any atom is -0.351 e. The molecule has 22 heavy (non-hydrogen) atoms. The monoisotopic (exact) mass is 340 g/mol. The molecule has 0 saturated heterocycles. The van der Waals surface area contributed by atoms with Gasteiger partial charge in [0.05, 0.1) is 16.6 Å². The summed E-state index contributed by atoms with van der Waals surface area (Å²) in [5.41, 5.74) is 0.996. The smallest absolute Gasteiger partial charge is 0.317 e. The molecule has 2 aromatic rings. The number of nitrogens with one attached hydrogen (secondary N) is 1. The van der Waals surface area contributed by atoms with E-state index in [0.29, 0.717) is 18.1 Å². The van der Waals surface area contributed by atoms with E-state index < -0.39 is 0 Å². The van der Waals surface area contributed by atoms with Crippen LogP contribution in [0.15, 0.2) is 18.5 Å². The predicted octanol–water partition coefficient (Wildman–Crippen LogP) is 3.08. The molecule has 2 rings (SSSR count). The van der Waals surface area contributed by atoms with Crippen molar-refractivity contribution in [2.45, 2.75) is 26.3 Å². The summed E-state index contributed by atoms with van der Waals surface area (Å²) in [4.78, 5) is 19.3. The quantitative estimate of drug-likeness (QED) is 0.878. The van der Waals surface area contributed by atoms with Crippen molar-refractivity contribution < 1.29 is 4.79 Å². The van der Waals surface area contributed by atoms with Gasteiger partial charge in [0.1, 0.15) is 0 Å². The lowest BCUT2D eigenvalue weighted by Gasteiger charge is -2.18. The second-order valence-corrected chi connectivity index (χ2v) is 6.81. The highest BCUT2D eigenvalue weighted by atomic mass is 35.5. The van der Waals surface area contributed by atoms with Gasteiger partial charge in [0, 0.05) is 50.0 Å². The first kappa shape index (κ1) is 16.8. The molecule has 2 aromatic heterocycles. The van der Waals surface area contributed by atoms with Crippen LogP contribution in [-0.4, -0.2) is 34.1 Å². The third-order valence-electron chi connectivity index (χ3n) is 3.39. The number of carbonyl (C=O) groups is 1. The molecule has 0 spiro atoms. The van der Waals surface area contributed by atoms with Gasteiger partial charge in [-0.1, -0.05) is 18.5 Å². The van der Waals surface area contributed by atoms with E-state index in [1.54, 1.807) is 23.3 Å². The Morgan fingerprint density at radius 1 is 1.55 bits per heavy atom. The molecule has 0 bridgehead atoms. The third kappa shape index (κ3) is 4.48. The van der Waals surface area contributed by atoms with Gasteiger partial charge in [0.25, 0.3) is 0 Å². The van der Waals surface area contributed by atoms with Gasteiger partial charge in [-0.2, -0.15) is 0 Å². The minimum absolute atomic E-state index is 0.0930. The molecular formula is C15H21ClN4OS. The molecule has 0 atom stereocenters. The SMILES string of the molecule is CCc1cnc(CCNC(=O)N(C)Cc2cc(Cl)cn2C)s1. The molecule has 0 radical (unpaired) electrons. The Kier molecular flexibility index (Phi) is 5.85. The lowest BCUT2D eigenvalue weighted by molar-refractivity contribution is 0.206. The Labute approximate surface area is 139 Å². The highest BCUT2D eigenvalue weighted by Crippen LogP contribution is 2.15. The number of hydrogen-bond acceptors (Lipinski definition) is 3. The number of nitrogens with zero attached hydrogens (tertiary/aromatic N) is 3. The zero-order chi connectivity index (χ0) is 16.1. The van der Waals surface area contributed by atoms with Crippen LogP contribution in [0, 0.1) is 0 Å². The van der Waals surface area contributed by atoms with E-state index in [4.69, 9.17) is 11.6 Å². The Morgan fingerprint density at radius 3 is 2.91 bits per heavy atom. The van der Waals surface area contributed by atoms with Crippen LogP contribution >= 0.6 is 22.9 Å². The van der Waals surface area contributed by atoms with Gasteiger partial charge in [-0.05, 0) is 12.5 Å². The van der Waals surface area contributed by atoms with Crippen molar-refractivity contribution in [2.24, 2.45) is 7.05 Å². The summed E-state index contributed by atoms with van der Waals surface area (Å²) in [5.74, 6) is 0. The number of hydrogen-bond donors (Lipinski definition) is 1. The third-order valence-corrected chi connectivity index (χ3v) is 4.79. The number of urea groups is 1. The standard InChI is InChI=1S/C15H21ClN4OS/c1-4-13-8-18-14(22-13)5-6-17-15(21)20(3)10-12-7-11(16)9-19(12)2/h7-9H,4-6,10H2,1-3H3,(H,17,21). The fourth-order valence-electron chi connectivity index (χ4n) is 2.08. The molecule has 2 heterocycles. The second-order valence-electron chi connectivity index (χ2n) is 5.17. The number of amides is 2. The molecule has 120 valence electrons. The summed E-state index contributed by atoms with van der Waals surface area (Å²) in [7, 11) is 3.69. The maximum atomic E-state index is 12.1. The van der Waals surface area contributed by atoms with Gasteiger partial charge in [-0.3, -0.25) is 0 Å². The number of thiazole rings is 1. The van der Waals surface area contributed by atoms with Crippen molar-refractivity contribution in [2.75, 3.05) is 13.6 Å². The van der Waals surface area contributed by atoms with Gasteiger partial charge < -0.3 is 14.8 Å². The first-order chi connectivity index (χ1) is 10.5. The normalized spacial score (nSPS) is 10.7. The molecule has 1 N–H and O–H groups in total. The van der Waals surface area contributed by atoms with Crippen molar-refractivity contribution in [3.63, 3.8) is 0 Å². The van der Waals surface area contributed by atoms with Crippen LogP contribution in [-0.2, 0) is 26.4 Å². The molecule has 0 unspecified atom stereocenters. The van der Waals surface area contributed by atoms with Crippen LogP contribution in [0.25, 0.3) is 0 Å². The van der Waals surface area contributed by atoms with E-state index >= 15 is 0 Å². The van der Waals surface area contributed by atoms with Crippen molar-refractivity contribution in [3.05, 3.63) is 39.1 Å². The maximum absolute atomic E-state index is 12.1. The van der Waals surface area contributed by atoms with Crippen molar-refractivity contribution in [1.82, 2.24) is 19.8 Å². The number of rotatable bonds is 6. The van der Waals surface area contributed by atoms with E-state index in [2.05, 4.69) is 17.2 Å². The number of halogens is 1. The fraction of sp³-hybridized carbons (Fsp3) is 0.467. The fourth-order valence-corrected chi connectivity index (χ4v) is 3.21. The second kappa shape index (κ2) is 7.65. The number of aryl methyl sites for hydroxylation is 2. The van der Waals surface area contributed by atoms with Crippen LogP contribution in [0.3, 0.4) is 0 Å². The van der Waals surface area contributed by atoms with Gasteiger partial charge in [0.2, 0.25) is 0 Å². The summed E-state index contributed by atoms with van der Waals surface area (Å²) < 4.78 is 1.92. The van der Waals surface area contributed by atoms with Crippen LogP contribution < -0.4 is 5.32 Å². The maximum Gasteiger partial charge on any atom is 0.317 e. The molecular weight excluding hydrogens is 320 g/mol. The zero-order valence-corrected chi connectivity index (χ0v) is 14.7. The summed E-state index contributed by atoms with van der Waals surface area (Å²) in [6, 6.07) is 1.78. The lowest BCUT2D eigenvalue weighted by atomic mass is 10.4. The van der Waals surface area contributed by atoms with E-state index in [1.165, 1.54) is 4.88 Å². The first-order valence-electron chi connectivity index (χ1n) is 7.23. The topological polar surface area (TPSA) is 50.2 Å². The molecule has 0 fully saturated rings. The van der Waals surface area contributed by atoms with Gasteiger partial charge >= 0.3 is 6.03 Å². The zero-order valence-electron chi connectivity index (χ0n) is 13.1. The molecule has 0 aliphatic carbocycles. The molecule has 0 aromatic carbocycles. The minimum atomic E-state index is -0.0930.